The molecule has 1 N–H and O–H groups in total. The van der Waals surface area contributed by atoms with Crippen LogP contribution in [0.4, 0.5) is 0 Å². The number of nitrogens with one attached hydrogen (secondary N) is 1. The van der Waals surface area contributed by atoms with Crippen LogP contribution in [0.15, 0.2) is 59.5 Å². The van der Waals surface area contributed by atoms with Gasteiger partial charge in [0, 0.05) is 10.4 Å². The Morgan fingerprint density at radius 3 is 2.11 bits per heavy atom. The van der Waals surface area contributed by atoms with Crippen molar-refractivity contribution >= 4 is 24.2 Å². The maximum atomic E-state index is 4.05. The second-order valence-corrected chi connectivity index (χ2v) is 10.3. The summed E-state index contributed by atoms with van der Waals surface area (Å²) in [6, 6.07) is 19.6. The summed E-state index contributed by atoms with van der Waals surface area (Å²) in [5.41, 5.74) is 3.21. The van der Waals surface area contributed by atoms with Crippen LogP contribution in [0.1, 0.15) is 44.9 Å². The lowest BCUT2D eigenvalue weighted by Crippen LogP contribution is -2.58. The first-order valence-corrected chi connectivity index (χ1v) is 11.8. The van der Waals surface area contributed by atoms with Gasteiger partial charge in [-0.05, 0) is 92.2 Å². The first-order chi connectivity index (χ1) is 13.3. The Kier molecular flexibility index (Phi) is 6.40. The van der Waals surface area contributed by atoms with Gasteiger partial charge in [0.05, 0.1) is 0 Å². The highest BCUT2D eigenvalue weighted by molar-refractivity contribution is 7.99. The molecule has 0 heterocycles. The summed E-state index contributed by atoms with van der Waals surface area (Å²) in [5.74, 6) is 4.31. The van der Waals surface area contributed by atoms with Crippen molar-refractivity contribution in [3.8, 4) is 11.1 Å². The van der Waals surface area contributed by atoms with E-state index in [0.29, 0.717) is 5.54 Å². The normalized spacial score (nSPS) is 30.2. The molecule has 150 valence electrons. The highest BCUT2D eigenvalue weighted by Gasteiger charge is 2.50. The lowest BCUT2D eigenvalue weighted by atomic mass is 9.53. The van der Waals surface area contributed by atoms with Crippen LogP contribution in [-0.4, -0.2) is 17.8 Å². The van der Waals surface area contributed by atoms with E-state index in [1.54, 1.807) is 0 Å². The summed E-state index contributed by atoms with van der Waals surface area (Å²) in [4.78, 5) is 1.42. The molecule has 4 aliphatic rings. The number of halogens is 1. The Morgan fingerprint density at radius 1 is 0.821 bits per heavy atom. The molecule has 0 spiro atoms. The molecule has 0 aliphatic heterocycles. The molecule has 3 heteroatoms. The molecule has 0 saturated heterocycles. The molecule has 4 bridgehead atoms. The molecule has 2 aromatic rings. The Labute approximate surface area is 180 Å². The Balaban J connectivity index is 0.00000192. The van der Waals surface area contributed by atoms with Gasteiger partial charge in [0.25, 0.3) is 0 Å². The van der Waals surface area contributed by atoms with Gasteiger partial charge < -0.3 is 5.32 Å². The molecule has 0 unspecified atom stereocenters. The highest BCUT2D eigenvalue weighted by atomic mass is 35.5. The molecule has 4 saturated carbocycles. The van der Waals surface area contributed by atoms with Gasteiger partial charge in [-0.25, -0.2) is 0 Å². The smallest absolute Gasteiger partial charge is 0.0189 e. The summed E-state index contributed by atoms with van der Waals surface area (Å²) in [6.45, 7) is 1.19. The van der Waals surface area contributed by atoms with Crippen LogP contribution in [-0.2, 0) is 0 Å². The van der Waals surface area contributed by atoms with Crippen molar-refractivity contribution in [1.29, 1.82) is 0 Å². The monoisotopic (exact) mass is 413 g/mol. The van der Waals surface area contributed by atoms with Crippen molar-refractivity contribution in [2.75, 3.05) is 12.3 Å². The molecule has 0 radical (unpaired) electrons. The standard InChI is InChI=1S/C25H31NS.ClH/c1-2-7-22(8-3-1)23-9-4-5-10-24(23)27-12-6-11-26-25-16-19-13-20(17-25)15-21(14-19)18-25;/h1-5,7-10,19-21,26H,6,11-18H2;1H. The number of hydrogen-bond acceptors (Lipinski definition) is 2. The maximum absolute atomic E-state index is 4.05. The molecule has 0 amide bonds. The minimum atomic E-state index is 0. The van der Waals surface area contributed by atoms with Gasteiger partial charge in [-0.15, -0.1) is 24.2 Å². The first-order valence-electron chi connectivity index (χ1n) is 10.8. The van der Waals surface area contributed by atoms with Gasteiger partial charge in [-0.2, -0.15) is 0 Å². The molecule has 4 fully saturated rings. The van der Waals surface area contributed by atoms with Crippen LogP contribution < -0.4 is 5.32 Å². The van der Waals surface area contributed by atoms with E-state index in [0.717, 1.165) is 17.8 Å². The fourth-order valence-corrected chi connectivity index (χ4v) is 7.41. The Hall–Kier alpha value is -0.960. The molecule has 0 aromatic heterocycles. The lowest BCUT2D eigenvalue weighted by Gasteiger charge is -2.57. The van der Waals surface area contributed by atoms with E-state index in [1.807, 2.05) is 11.8 Å². The van der Waals surface area contributed by atoms with Gasteiger partial charge in [-0.1, -0.05) is 48.5 Å². The fraction of sp³-hybridized carbons (Fsp3) is 0.520. The summed E-state index contributed by atoms with van der Waals surface area (Å²) in [6.07, 6.45) is 10.2. The first kappa shape index (κ1) is 20.3. The third-order valence-electron chi connectivity index (χ3n) is 7.09. The Bertz CT molecular complexity index is 740. The van der Waals surface area contributed by atoms with Gasteiger partial charge in [-0.3, -0.25) is 0 Å². The molecule has 2 aromatic carbocycles. The van der Waals surface area contributed by atoms with E-state index in [9.17, 15) is 0 Å². The highest BCUT2D eigenvalue weighted by Crippen LogP contribution is 2.55. The minimum Gasteiger partial charge on any atom is -0.311 e. The van der Waals surface area contributed by atoms with Crippen LogP contribution in [0.2, 0.25) is 0 Å². The van der Waals surface area contributed by atoms with Crippen LogP contribution in [0.3, 0.4) is 0 Å². The van der Waals surface area contributed by atoms with E-state index in [4.69, 9.17) is 0 Å². The average Bonchev–Trinajstić information content (AvgIpc) is 2.68. The van der Waals surface area contributed by atoms with Crippen molar-refractivity contribution in [2.45, 2.75) is 55.4 Å². The number of benzene rings is 2. The van der Waals surface area contributed by atoms with E-state index >= 15 is 0 Å². The van der Waals surface area contributed by atoms with Gasteiger partial charge in [0.1, 0.15) is 0 Å². The van der Waals surface area contributed by atoms with Crippen molar-refractivity contribution in [3.05, 3.63) is 54.6 Å². The third-order valence-corrected chi connectivity index (χ3v) is 8.25. The van der Waals surface area contributed by atoms with Gasteiger partial charge >= 0.3 is 0 Å². The lowest BCUT2D eigenvalue weighted by molar-refractivity contribution is -0.0193. The van der Waals surface area contributed by atoms with Crippen molar-refractivity contribution in [2.24, 2.45) is 17.8 Å². The number of thioether (sulfide) groups is 1. The summed E-state index contributed by atoms with van der Waals surface area (Å²) >= 11 is 2.02. The van der Waals surface area contributed by atoms with E-state index in [1.165, 1.54) is 73.3 Å². The van der Waals surface area contributed by atoms with Gasteiger partial charge in [0.15, 0.2) is 0 Å². The number of rotatable bonds is 7. The Morgan fingerprint density at radius 2 is 1.43 bits per heavy atom. The van der Waals surface area contributed by atoms with E-state index < -0.39 is 0 Å². The van der Waals surface area contributed by atoms with Crippen LogP contribution in [0.25, 0.3) is 11.1 Å². The maximum Gasteiger partial charge on any atom is 0.0189 e. The summed E-state index contributed by atoms with van der Waals surface area (Å²) < 4.78 is 0. The third kappa shape index (κ3) is 4.30. The minimum absolute atomic E-state index is 0. The van der Waals surface area contributed by atoms with E-state index in [2.05, 4.69) is 59.9 Å². The van der Waals surface area contributed by atoms with Crippen LogP contribution in [0, 0.1) is 17.8 Å². The topological polar surface area (TPSA) is 12.0 Å². The molecular weight excluding hydrogens is 382 g/mol. The summed E-state index contributed by atoms with van der Waals surface area (Å²) in [5, 5.41) is 4.05. The van der Waals surface area contributed by atoms with Crippen molar-refractivity contribution < 1.29 is 0 Å². The SMILES string of the molecule is Cl.c1ccc(-c2ccccc2SCCCNC23CC4CC(CC(C4)C2)C3)cc1. The van der Waals surface area contributed by atoms with Crippen LogP contribution in [0.5, 0.6) is 0 Å². The predicted molar refractivity (Wildman–Crippen MR) is 123 cm³/mol. The molecular formula is C25H32ClNS. The molecule has 6 rings (SSSR count). The average molecular weight is 414 g/mol. The largest absolute Gasteiger partial charge is 0.311 e. The van der Waals surface area contributed by atoms with Crippen molar-refractivity contribution in [1.82, 2.24) is 5.32 Å². The van der Waals surface area contributed by atoms with Crippen molar-refractivity contribution in [3.63, 3.8) is 0 Å². The second kappa shape index (κ2) is 8.81. The second-order valence-electron chi connectivity index (χ2n) is 9.19. The van der Waals surface area contributed by atoms with E-state index in [-0.39, 0.29) is 12.4 Å². The summed E-state index contributed by atoms with van der Waals surface area (Å²) in [7, 11) is 0. The van der Waals surface area contributed by atoms with Crippen LogP contribution >= 0.6 is 24.2 Å². The predicted octanol–water partition coefficient (Wildman–Crippen LogP) is 6.82. The quantitative estimate of drug-likeness (QED) is 0.395. The zero-order chi connectivity index (χ0) is 18.1. The zero-order valence-corrected chi connectivity index (χ0v) is 18.2. The molecule has 28 heavy (non-hydrogen) atoms. The molecule has 1 nitrogen and oxygen atoms in total. The van der Waals surface area contributed by atoms with Gasteiger partial charge in [0.2, 0.25) is 0 Å². The molecule has 4 aliphatic carbocycles. The fourth-order valence-electron chi connectivity index (χ4n) is 6.38. The zero-order valence-electron chi connectivity index (χ0n) is 16.6. The number of hydrogen-bond donors (Lipinski definition) is 1. The molecule has 0 atom stereocenters.